The lowest BCUT2D eigenvalue weighted by molar-refractivity contribution is 0.127. The minimum Gasteiger partial charge on any atom is -0.463 e. The zero-order chi connectivity index (χ0) is 15.0. The molecule has 0 spiro atoms. The number of nitrogens with zero attached hydrogens (tertiary/aromatic N) is 3. The van der Waals surface area contributed by atoms with Crippen molar-refractivity contribution >= 4 is 17.5 Å². The van der Waals surface area contributed by atoms with Gasteiger partial charge >= 0.3 is 6.01 Å². The quantitative estimate of drug-likeness (QED) is 0.729. The molecule has 0 amide bonds. The van der Waals surface area contributed by atoms with Crippen LogP contribution in [0.2, 0.25) is 5.28 Å². The molecule has 0 atom stereocenters. The number of nitrogens with one attached hydrogen (secondary N) is 1. The molecule has 1 rings (SSSR count). The highest BCUT2D eigenvalue weighted by atomic mass is 35.5. The molecular formula is C13H23ClN4O2. The number of hydrogen-bond acceptors (Lipinski definition) is 6. The van der Waals surface area contributed by atoms with Gasteiger partial charge in [-0.05, 0) is 30.9 Å². The molecule has 0 saturated heterocycles. The molecule has 7 heteroatoms. The molecule has 114 valence electrons. The molecule has 1 aromatic rings. The first kappa shape index (κ1) is 16.9. The van der Waals surface area contributed by atoms with Crippen molar-refractivity contribution in [2.45, 2.75) is 40.0 Å². The summed E-state index contributed by atoms with van der Waals surface area (Å²) in [6.45, 7) is 7.33. The molecular weight excluding hydrogens is 280 g/mol. The van der Waals surface area contributed by atoms with Crippen LogP contribution in [-0.4, -0.2) is 39.8 Å². The average molecular weight is 303 g/mol. The fourth-order valence-corrected chi connectivity index (χ4v) is 1.87. The van der Waals surface area contributed by atoms with Gasteiger partial charge in [0.15, 0.2) is 0 Å². The summed E-state index contributed by atoms with van der Waals surface area (Å²) in [5.41, 5.74) is -0.177. The van der Waals surface area contributed by atoms with E-state index in [1.165, 1.54) is 0 Å². The van der Waals surface area contributed by atoms with E-state index in [2.05, 4.69) is 34.1 Å². The van der Waals surface area contributed by atoms with Gasteiger partial charge in [0.25, 0.3) is 0 Å². The Hall–Kier alpha value is -1.14. The summed E-state index contributed by atoms with van der Waals surface area (Å²) in [6, 6.07) is 0.219. The zero-order valence-electron chi connectivity index (χ0n) is 12.3. The van der Waals surface area contributed by atoms with Gasteiger partial charge in [0.05, 0.1) is 13.2 Å². The highest BCUT2D eigenvalue weighted by Gasteiger charge is 2.25. The lowest BCUT2D eigenvalue weighted by Gasteiger charge is -2.29. The van der Waals surface area contributed by atoms with Crippen molar-refractivity contribution in [1.29, 1.82) is 0 Å². The maximum atomic E-state index is 9.54. The van der Waals surface area contributed by atoms with E-state index in [4.69, 9.17) is 16.3 Å². The third-order valence-corrected chi connectivity index (χ3v) is 3.65. The van der Waals surface area contributed by atoms with E-state index < -0.39 is 0 Å². The van der Waals surface area contributed by atoms with Crippen LogP contribution < -0.4 is 10.1 Å². The van der Waals surface area contributed by atoms with E-state index in [-0.39, 0.29) is 23.3 Å². The first-order valence-corrected chi connectivity index (χ1v) is 7.36. The molecule has 0 aliphatic rings. The predicted octanol–water partition coefficient (Wildman–Crippen LogP) is 2.52. The van der Waals surface area contributed by atoms with Gasteiger partial charge in [-0.25, -0.2) is 0 Å². The van der Waals surface area contributed by atoms with Crippen LogP contribution in [0.25, 0.3) is 0 Å². The van der Waals surface area contributed by atoms with E-state index in [1.807, 2.05) is 6.92 Å². The molecule has 0 aromatic carbocycles. The molecule has 2 N–H and O–H groups in total. The van der Waals surface area contributed by atoms with Crippen LogP contribution in [-0.2, 0) is 0 Å². The maximum Gasteiger partial charge on any atom is 0.322 e. The molecule has 20 heavy (non-hydrogen) atoms. The lowest BCUT2D eigenvalue weighted by Crippen LogP contribution is -2.32. The summed E-state index contributed by atoms with van der Waals surface area (Å²) in [5, 5.41) is 12.7. The van der Waals surface area contributed by atoms with Crippen LogP contribution in [0.15, 0.2) is 0 Å². The van der Waals surface area contributed by atoms with E-state index in [1.54, 1.807) is 0 Å². The molecule has 0 aliphatic heterocycles. The molecule has 6 nitrogen and oxygen atoms in total. The van der Waals surface area contributed by atoms with E-state index in [0.29, 0.717) is 19.1 Å². The van der Waals surface area contributed by atoms with Gasteiger partial charge in [0.2, 0.25) is 11.2 Å². The molecule has 1 aromatic heterocycles. The minimum absolute atomic E-state index is 0.0937. The topological polar surface area (TPSA) is 80.2 Å². The standard InChI is InChI=1S/C13H23ClN4O2/c1-4-7-20-12-17-10(14)16-11(18-12)15-8-13(5-2,6-3)9-19/h19H,4-9H2,1-3H3,(H,15,16,17,18). The molecule has 1 heterocycles. The Kier molecular flexibility index (Phi) is 6.95. The Bertz CT molecular complexity index is 405. The number of aliphatic hydroxyl groups excluding tert-OH is 1. The average Bonchev–Trinajstić information content (AvgIpc) is 2.47. The highest BCUT2D eigenvalue weighted by molar-refractivity contribution is 6.28. The van der Waals surface area contributed by atoms with Crippen LogP contribution in [0.5, 0.6) is 6.01 Å². The monoisotopic (exact) mass is 302 g/mol. The van der Waals surface area contributed by atoms with Crippen LogP contribution in [0.1, 0.15) is 40.0 Å². The second-order valence-corrected chi connectivity index (χ2v) is 5.12. The van der Waals surface area contributed by atoms with Crippen molar-refractivity contribution in [3.63, 3.8) is 0 Å². The number of hydrogen-bond donors (Lipinski definition) is 2. The van der Waals surface area contributed by atoms with Gasteiger partial charge in [-0.3, -0.25) is 0 Å². The zero-order valence-corrected chi connectivity index (χ0v) is 13.1. The first-order chi connectivity index (χ1) is 9.59. The van der Waals surface area contributed by atoms with Gasteiger partial charge < -0.3 is 15.2 Å². The van der Waals surface area contributed by atoms with Crippen LogP contribution in [0, 0.1) is 5.41 Å². The Morgan fingerprint density at radius 2 is 1.90 bits per heavy atom. The highest BCUT2D eigenvalue weighted by Crippen LogP contribution is 2.25. The third-order valence-electron chi connectivity index (χ3n) is 3.48. The largest absolute Gasteiger partial charge is 0.463 e. The van der Waals surface area contributed by atoms with Crippen molar-refractivity contribution < 1.29 is 9.84 Å². The summed E-state index contributed by atoms with van der Waals surface area (Å²) in [6.07, 6.45) is 2.60. The number of anilines is 1. The summed E-state index contributed by atoms with van der Waals surface area (Å²) in [5.74, 6) is 0.371. The summed E-state index contributed by atoms with van der Waals surface area (Å²) in [7, 11) is 0. The number of rotatable bonds is 9. The van der Waals surface area contributed by atoms with Crippen LogP contribution in [0.3, 0.4) is 0 Å². The van der Waals surface area contributed by atoms with Crippen LogP contribution in [0.4, 0.5) is 5.95 Å². The molecule has 0 bridgehead atoms. The Morgan fingerprint density at radius 1 is 1.20 bits per heavy atom. The minimum atomic E-state index is -0.177. The predicted molar refractivity (Wildman–Crippen MR) is 79.2 cm³/mol. The van der Waals surface area contributed by atoms with E-state index in [0.717, 1.165) is 19.3 Å². The molecule has 0 aliphatic carbocycles. The Balaban J connectivity index is 2.74. The van der Waals surface area contributed by atoms with Crippen molar-refractivity contribution in [2.24, 2.45) is 5.41 Å². The summed E-state index contributed by atoms with van der Waals surface area (Å²) >= 11 is 5.85. The number of aliphatic hydroxyl groups is 1. The molecule has 0 saturated carbocycles. The number of ether oxygens (including phenoxy) is 1. The molecule has 0 fully saturated rings. The van der Waals surface area contributed by atoms with E-state index in [9.17, 15) is 5.11 Å². The van der Waals surface area contributed by atoms with Gasteiger partial charge in [-0.1, -0.05) is 20.8 Å². The molecule has 0 unspecified atom stereocenters. The van der Waals surface area contributed by atoms with Crippen molar-refractivity contribution in [1.82, 2.24) is 15.0 Å². The van der Waals surface area contributed by atoms with E-state index >= 15 is 0 Å². The SMILES string of the molecule is CCCOc1nc(Cl)nc(NCC(CC)(CC)CO)n1. The van der Waals surface area contributed by atoms with Gasteiger partial charge in [-0.15, -0.1) is 0 Å². The van der Waals surface area contributed by atoms with Gasteiger partial charge in [0.1, 0.15) is 0 Å². The van der Waals surface area contributed by atoms with Crippen molar-refractivity contribution in [2.75, 3.05) is 25.1 Å². The number of aromatic nitrogens is 3. The Morgan fingerprint density at radius 3 is 2.45 bits per heavy atom. The van der Waals surface area contributed by atoms with Crippen LogP contribution >= 0.6 is 11.6 Å². The van der Waals surface area contributed by atoms with Crippen molar-refractivity contribution in [3.05, 3.63) is 5.28 Å². The smallest absolute Gasteiger partial charge is 0.322 e. The normalized spacial score (nSPS) is 11.4. The molecule has 0 radical (unpaired) electrons. The fraction of sp³-hybridized carbons (Fsp3) is 0.769. The maximum absolute atomic E-state index is 9.54. The second-order valence-electron chi connectivity index (χ2n) is 4.78. The first-order valence-electron chi connectivity index (χ1n) is 6.98. The second kappa shape index (κ2) is 8.21. The third kappa shape index (κ3) is 4.76. The summed E-state index contributed by atoms with van der Waals surface area (Å²) < 4.78 is 5.35. The van der Waals surface area contributed by atoms with Gasteiger partial charge in [0, 0.05) is 12.0 Å². The number of halogens is 1. The fourth-order valence-electron chi connectivity index (χ4n) is 1.71. The lowest BCUT2D eigenvalue weighted by atomic mass is 9.83. The summed E-state index contributed by atoms with van der Waals surface area (Å²) in [4.78, 5) is 12.1. The van der Waals surface area contributed by atoms with Gasteiger partial charge in [-0.2, -0.15) is 15.0 Å². The van der Waals surface area contributed by atoms with Crippen molar-refractivity contribution in [3.8, 4) is 6.01 Å². The Labute approximate surface area is 125 Å².